The zero-order valence-electron chi connectivity index (χ0n) is 11.9. The van der Waals surface area contributed by atoms with Gasteiger partial charge >= 0.3 is 5.97 Å². The second-order valence-electron chi connectivity index (χ2n) is 5.74. The largest absolute Gasteiger partial charge is 0.480 e. The lowest BCUT2D eigenvalue weighted by molar-refractivity contribution is -0.147. The molecule has 20 heavy (non-hydrogen) atoms. The van der Waals surface area contributed by atoms with Gasteiger partial charge in [0.1, 0.15) is 5.54 Å². The molecule has 2 rings (SSSR count). The van der Waals surface area contributed by atoms with Crippen LogP contribution in [0.25, 0.3) is 0 Å². The van der Waals surface area contributed by atoms with Gasteiger partial charge < -0.3 is 10.4 Å². The van der Waals surface area contributed by atoms with Crippen LogP contribution in [0.1, 0.15) is 44.6 Å². The van der Waals surface area contributed by atoms with Gasteiger partial charge in [0.25, 0.3) is 0 Å². The third-order valence-corrected chi connectivity index (χ3v) is 3.98. The molecule has 0 aromatic heterocycles. The fourth-order valence-electron chi connectivity index (χ4n) is 2.64. The molecule has 1 saturated carbocycles. The van der Waals surface area contributed by atoms with E-state index in [2.05, 4.69) is 5.32 Å². The second kappa shape index (κ2) is 5.65. The van der Waals surface area contributed by atoms with Crippen molar-refractivity contribution in [2.75, 3.05) is 0 Å². The summed E-state index contributed by atoms with van der Waals surface area (Å²) in [7, 11) is 0. The maximum absolute atomic E-state index is 12.2. The first-order chi connectivity index (χ1) is 9.48. The van der Waals surface area contributed by atoms with E-state index < -0.39 is 11.5 Å². The minimum atomic E-state index is -1.16. The Kier molecular flexibility index (Phi) is 4.12. The SMILES string of the molecule is CCC[C@](C)(NC(=O)[C@H]1C[C@@H]1c1ccccc1)C(=O)O. The number of hydrogen-bond acceptors (Lipinski definition) is 2. The van der Waals surface area contributed by atoms with E-state index in [-0.39, 0.29) is 17.7 Å². The number of carboxylic acids is 1. The van der Waals surface area contributed by atoms with Crippen molar-refractivity contribution in [2.24, 2.45) is 5.92 Å². The van der Waals surface area contributed by atoms with Crippen molar-refractivity contribution in [1.29, 1.82) is 0 Å². The Bertz CT molecular complexity index is 500. The van der Waals surface area contributed by atoms with Crippen molar-refractivity contribution in [3.05, 3.63) is 35.9 Å². The fraction of sp³-hybridized carbons (Fsp3) is 0.500. The van der Waals surface area contributed by atoms with Crippen molar-refractivity contribution in [1.82, 2.24) is 5.32 Å². The summed E-state index contributed by atoms with van der Waals surface area (Å²) in [5.41, 5.74) is -0.00415. The molecule has 3 atom stereocenters. The first-order valence-corrected chi connectivity index (χ1v) is 7.08. The van der Waals surface area contributed by atoms with E-state index in [4.69, 9.17) is 0 Å². The molecule has 1 aliphatic rings. The molecule has 4 nitrogen and oxygen atoms in total. The van der Waals surface area contributed by atoms with E-state index in [1.54, 1.807) is 6.92 Å². The number of hydrogen-bond donors (Lipinski definition) is 2. The second-order valence-corrected chi connectivity index (χ2v) is 5.74. The molecule has 2 N–H and O–H groups in total. The van der Waals surface area contributed by atoms with E-state index >= 15 is 0 Å². The molecular weight excluding hydrogens is 254 g/mol. The van der Waals surface area contributed by atoms with Crippen LogP contribution in [0.3, 0.4) is 0 Å². The molecule has 0 aliphatic heterocycles. The molecule has 0 heterocycles. The van der Waals surface area contributed by atoms with E-state index in [1.165, 1.54) is 0 Å². The average Bonchev–Trinajstić information content (AvgIpc) is 3.20. The van der Waals surface area contributed by atoms with Gasteiger partial charge in [-0.05, 0) is 31.2 Å². The number of carbonyl (C=O) groups excluding carboxylic acids is 1. The number of nitrogens with one attached hydrogen (secondary N) is 1. The summed E-state index contributed by atoms with van der Waals surface area (Å²) in [5, 5.41) is 12.0. The Morgan fingerprint density at radius 3 is 2.55 bits per heavy atom. The highest BCUT2D eigenvalue weighted by Crippen LogP contribution is 2.47. The van der Waals surface area contributed by atoms with Crippen LogP contribution >= 0.6 is 0 Å². The Hall–Kier alpha value is -1.84. The summed E-state index contributed by atoms with van der Waals surface area (Å²) in [4.78, 5) is 23.5. The van der Waals surface area contributed by atoms with Crippen LogP contribution in [-0.2, 0) is 9.59 Å². The number of rotatable bonds is 6. The normalized spacial score (nSPS) is 23.7. The topological polar surface area (TPSA) is 66.4 Å². The third kappa shape index (κ3) is 3.00. The Morgan fingerprint density at radius 2 is 2.00 bits per heavy atom. The Labute approximate surface area is 119 Å². The quantitative estimate of drug-likeness (QED) is 0.838. The van der Waals surface area contributed by atoms with Gasteiger partial charge in [0.05, 0.1) is 0 Å². The van der Waals surface area contributed by atoms with Crippen LogP contribution < -0.4 is 5.32 Å². The standard InChI is InChI=1S/C16H21NO3/c1-3-9-16(2,15(19)20)17-14(18)13-10-12(13)11-7-5-4-6-8-11/h4-8,12-13H,3,9-10H2,1-2H3,(H,17,18)(H,19,20)/t12-,13+,16+/m1/s1. The minimum absolute atomic E-state index is 0.0899. The summed E-state index contributed by atoms with van der Waals surface area (Å²) in [6, 6.07) is 9.90. The van der Waals surface area contributed by atoms with E-state index in [0.717, 1.165) is 18.4 Å². The van der Waals surface area contributed by atoms with Crippen LogP contribution in [0.15, 0.2) is 30.3 Å². The summed E-state index contributed by atoms with van der Waals surface area (Å²) in [6.07, 6.45) is 1.96. The molecule has 0 unspecified atom stereocenters. The Balaban J connectivity index is 1.98. The molecule has 1 aliphatic carbocycles. The predicted molar refractivity (Wildman–Crippen MR) is 76.4 cm³/mol. The first-order valence-electron chi connectivity index (χ1n) is 7.08. The third-order valence-electron chi connectivity index (χ3n) is 3.98. The lowest BCUT2D eigenvalue weighted by Crippen LogP contribution is -2.52. The van der Waals surface area contributed by atoms with Gasteiger partial charge in [0.2, 0.25) is 5.91 Å². The van der Waals surface area contributed by atoms with Crippen molar-refractivity contribution in [2.45, 2.75) is 44.6 Å². The molecule has 1 aromatic carbocycles. The number of carbonyl (C=O) groups is 2. The van der Waals surface area contributed by atoms with Gasteiger partial charge in [-0.15, -0.1) is 0 Å². The average molecular weight is 275 g/mol. The molecule has 0 saturated heterocycles. The summed E-state index contributed by atoms with van der Waals surface area (Å²) in [5.74, 6) is -0.967. The first kappa shape index (κ1) is 14.6. The number of benzene rings is 1. The predicted octanol–water partition coefficient (Wildman–Crippen LogP) is 2.55. The Morgan fingerprint density at radius 1 is 1.35 bits per heavy atom. The maximum Gasteiger partial charge on any atom is 0.329 e. The van der Waals surface area contributed by atoms with Crippen LogP contribution in [0.4, 0.5) is 0 Å². The minimum Gasteiger partial charge on any atom is -0.480 e. The van der Waals surface area contributed by atoms with Gasteiger partial charge in [0.15, 0.2) is 0 Å². The molecule has 0 bridgehead atoms. The highest BCUT2D eigenvalue weighted by molar-refractivity contribution is 5.89. The molecule has 1 fully saturated rings. The van der Waals surface area contributed by atoms with Gasteiger partial charge in [-0.2, -0.15) is 0 Å². The van der Waals surface area contributed by atoms with Crippen LogP contribution in [0, 0.1) is 5.92 Å². The van der Waals surface area contributed by atoms with Gasteiger partial charge in [-0.25, -0.2) is 4.79 Å². The smallest absolute Gasteiger partial charge is 0.329 e. The maximum atomic E-state index is 12.2. The van der Waals surface area contributed by atoms with E-state index in [0.29, 0.717) is 6.42 Å². The highest BCUT2D eigenvalue weighted by Gasteiger charge is 2.46. The monoisotopic (exact) mass is 275 g/mol. The van der Waals surface area contributed by atoms with Gasteiger partial charge in [0, 0.05) is 5.92 Å². The van der Waals surface area contributed by atoms with Crippen molar-refractivity contribution >= 4 is 11.9 Å². The molecule has 0 spiro atoms. The van der Waals surface area contributed by atoms with Crippen LogP contribution in [-0.4, -0.2) is 22.5 Å². The zero-order valence-corrected chi connectivity index (χ0v) is 11.9. The van der Waals surface area contributed by atoms with E-state index in [1.807, 2.05) is 37.3 Å². The zero-order chi connectivity index (χ0) is 14.8. The van der Waals surface area contributed by atoms with Gasteiger partial charge in [-0.1, -0.05) is 43.7 Å². The molecule has 108 valence electrons. The van der Waals surface area contributed by atoms with Gasteiger partial charge in [-0.3, -0.25) is 4.79 Å². The van der Waals surface area contributed by atoms with Crippen molar-refractivity contribution < 1.29 is 14.7 Å². The molecular formula is C16H21NO3. The fourth-order valence-corrected chi connectivity index (χ4v) is 2.64. The summed E-state index contributed by atoms with van der Waals surface area (Å²) < 4.78 is 0. The molecule has 0 radical (unpaired) electrons. The van der Waals surface area contributed by atoms with Crippen molar-refractivity contribution in [3.8, 4) is 0 Å². The van der Waals surface area contributed by atoms with E-state index in [9.17, 15) is 14.7 Å². The summed E-state index contributed by atoms with van der Waals surface area (Å²) >= 11 is 0. The number of carboxylic acid groups (broad SMARTS) is 1. The lowest BCUT2D eigenvalue weighted by atomic mass is 9.96. The highest BCUT2D eigenvalue weighted by atomic mass is 16.4. The molecule has 4 heteroatoms. The van der Waals surface area contributed by atoms with Crippen molar-refractivity contribution in [3.63, 3.8) is 0 Å². The number of amides is 1. The van der Waals surface area contributed by atoms with Crippen LogP contribution in [0.2, 0.25) is 0 Å². The lowest BCUT2D eigenvalue weighted by Gasteiger charge is -2.25. The summed E-state index contributed by atoms with van der Waals surface area (Å²) in [6.45, 7) is 3.49. The van der Waals surface area contributed by atoms with Crippen LogP contribution in [0.5, 0.6) is 0 Å². The molecule has 1 aromatic rings. The molecule has 1 amide bonds. The number of aliphatic carboxylic acids is 1.